The molecule has 0 aliphatic carbocycles. The Hall–Kier alpha value is -7.83. The fourth-order valence-corrected chi connectivity index (χ4v) is 8.18. The highest BCUT2D eigenvalue weighted by Gasteiger charge is 2.19. The van der Waals surface area contributed by atoms with Gasteiger partial charge in [-0.05, 0) is 82.9 Å². The molecule has 12 rings (SSSR count). The number of nitrogens with zero attached hydrogens (tertiary/aromatic N) is 3. The quantitative estimate of drug-likeness (QED) is 0.175. The first-order chi connectivity index (χ1) is 28.2. The van der Waals surface area contributed by atoms with Gasteiger partial charge in [-0.1, -0.05) is 115 Å². The van der Waals surface area contributed by atoms with Gasteiger partial charge in [0.05, 0.1) is 0 Å². The molecule has 4 aromatic heterocycles. The van der Waals surface area contributed by atoms with Crippen LogP contribution in [0.5, 0.6) is 0 Å². The molecule has 0 fully saturated rings. The Morgan fingerprint density at radius 1 is 0.263 bits per heavy atom. The minimum absolute atomic E-state index is 0.573. The summed E-state index contributed by atoms with van der Waals surface area (Å²) in [4.78, 5) is 15.4. The van der Waals surface area contributed by atoms with Crippen LogP contribution in [0.1, 0.15) is 0 Å². The Bertz CT molecular complexity index is 3540. The first-order valence-corrected chi connectivity index (χ1v) is 18.9. The fourth-order valence-electron chi connectivity index (χ4n) is 8.18. The zero-order valence-electron chi connectivity index (χ0n) is 30.3. The number of furan rings is 3. The first-order valence-electron chi connectivity index (χ1n) is 18.9. The van der Waals surface area contributed by atoms with Gasteiger partial charge in [0.15, 0.2) is 17.5 Å². The van der Waals surface area contributed by atoms with Crippen LogP contribution in [0, 0.1) is 0 Å². The second-order valence-electron chi connectivity index (χ2n) is 14.4. The van der Waals surface area contributed by atoms with Gasteiger partial charge >= 0.3 is 0 Å². The lowest BCUT2D eigenvalue weighted by atomic mass is 9.97. The number of aromatic nitrogens is 3. The number of fused-ring (bicyclic) bond motifs is 9. The summed E-state index contributed by atoms with van der Waals surface area (Å²) < 4.78 is 18.5. The summed E-state index contributed by atoms with van der Waals surface area (Å²) in [5.41, 5.74) is 12.2. The van der Waals surface area contributed by atoms with Crippen LogP contribution in [-0.2, 0) is 0 Å². The van der Waals surface area contributed by atoms with Gasteiger partial charge in [0, 0.05) is 49.0 Å². The van der Waals surface area contributed by atoms with Gasteiger partial charge < -0.3 is 13.3 Å². The van der Waals surface area contributed by atoms with Crippen LogP contribution in [0.15, 0.2) is 189 Å². The number of para-hydroxylation sites is 3. The molecule has 0 atom stereocenters. The third-order valence-electron chi connectivity index (χ3n) is 11.0. The van der Waals surface area contributed by atoms with E-state index in [1.165, 1.54) is 0 Å². The van der Waals surface area contributed by atoms with Crippen LogP contribution in [0.2, 0.25) is 0 Å². The van der Waals surface area contributed by atoms with Crippen LogP contribution in [0.4, 0.5) is 0 Å². The zero-order valence-corrected chi connectivity index (χ0v) is 30.3. The Morgan fingerprint density at radius 3 is 1.40 bits per heavy atom. The summed E-state index contributed by atoms with van der Waals surface area (Å²) >= 11 is 0. The van der Waals surface area contributed by atoms with Crippen molar-refractivity contribution in [2.75, 3.05) is 0 Å². The van der Waals surface area contributed by atoms with Crippen molar-refractivity contribution in [3.63, 3.8) is 0 Å². The summed E-state index contributed by atoms with van der Waals surface area (Å²) in [6, 6.07) is 60.1. The Morgan fingerprint density at radius 2 is 0.702 bits per heavy atom. The standard InChI is InChI=1S/C51H29N3O3/c1-4-15-42-36(11-1)40-28-34(23-25-45(40)55-42)33-10-7-9-32(27-33)30-19-21-31(22-20-30)49-52-50(35-24-26-46-41(29-35)37-12-2-5-16-43(37)56-46)54-51(53-49)39-14-8-18-47-48(39)38-13-3-6-17-44(38)57-47/h1-29H. The number of hydrogen-bond acceptors (Lipinski definition) is 6. The third-order valence-corrected chi connectivity index (χ3v) is 11.0. The Balaban J connectivity index is 0.971. The van der Waals surface area contributed by atoms with Gasteiger partial charge in [-0.25, -0.2) is 15.0 Å². The van der Waals surface area contributed by atoms with Crippen LogP contribution < -0.4 is 0 Å². The van der Waals surface area contributed by atoms with Gasteiger partial charge in [-0.15, -0.1) is 0 Å². The lowest BCUT2D eigenvalue weighted by Crippen LogP contribution is -2.00. The van der Waals surface area contributed by atoms with E-state index in [4.69, 9.17) is 28.2 Å². The van der Waals surface area contributed by atoms with Gasteiger partial charge in [-0.3, -0.25) is 0 Å². The molecule has 0 N–H and O–H groups in total. The Labute approximate surface area is 325 Å². The maximum absolute atomic E-state index is 6.26. The van der Waals surface area contributed by atoms with E-state index in [-0.39, 0.29) is 0 Å². The molecule has 6 nitrogen and oxygen atoms in total. The van der Waals surface area contributed by atoms with E-state index >= 15 is 0 Å². The van der Waals surface area contributed by atoms with E-state index in [9.17, 15) is 0 Å². The zero-order chi connectivity index (χ0) is 37.5. The average Bonchev–Trinajstić information content (AvgIpc) is 3.97. The van der Waals surface area contributed by atoms with E-state index in [0.29, 0.717) is 17.5 Å². The van der Waals surface area contributed by atoms with Crippen molar-refractivity contribution in [1.29, 1.82) is 0 Å². The summed E-state index contributed by atoms with van der Waals surface area (Å²) in [6.07, 6.45) is 0. The first kappa shape index (κ1) is 31.5. The van der Waals surface area contributed by atoms with E-state index in [0.717, 1.165) is 105 Å². The van der Waals surface area contributed by atoms with Crippen LogP contribution in [0.25, 0.3) is 122 Å². The van der Waals surface area contributed by atoms with Gasteiger partial charge in [0.25, 0.3) is 0 Å². The molecule has 0 amide bonds. The highest BCUT2D eigenvalue weighted by molar-refractivity contribution is 6.12. The summed E-state index contributed by atoms with van der Waals surface area (Å²) in [5, 5.41) is 6.29. The largest absolute Gasteiger partial charge is 0.456 e. The van der Waals surface area contributed by atoms with Crippen molar-refractivity contribution < 1.29 is 13.3 Å². The van der Waals surface area contributed by atoms with Crippen molar-refractivity contribution in [2.24, 2.45) is 0 Å². The SMILES string of the molecule is c1cc(-c2ccc(-c3nc(-c4ccc5oc6ccccc6c5c4)nc(-c4cccc5oc6ccccc6c45)n3)cc2)cc(-c2ccc3oc4ccccc4c3c2)c1. The average molecular weight is 732 g/mol. The van der Waals surface area contributed by atoms with Gasteiger partial charge in [0.2, 0.25) is 0 Å². The van der Waals surface area contributed by atoms with E-state index < -0.39 is 0 Å². The molecule has 8 aromatic carbocycles. The molecule has 0 unspecified atom stereocenters. The molecule has 0 spiro atoms. The normalized spacial score (nSPS) is 11.9. The molecule has 0 aliphatic heterocycles. The molecule has 4 heterocycles. The number of rotatable bonds is 5. The van der Waals surface area contributed by atoms with Crippen molar-refractivity contribution >= 4 is 65.8 Å². The molecule has 0 bridgehead atoms. The summed E-state index contributed by atoms with van der Waals surface area (Å²) in [6.45, 7) is 0. The highest BCUT2D eigenvalue weighted by Crippen LogP contribution is 2.38. The molecule has 12 aromatic rings. The van der Waals surface area contributed by atoms with Gasteiger partial charge in [0.1, 0.15) is 33.5 Å². The molecular formula is C51H29N3O3. The number of hydrogen-bond donors (Lipinski definition) is 0. The smallest absolute Gasteiger partial charge is 0.164 e. The summed E-state index contributed by atoms with van der Waals surface area (Å²) in [5.74, 6) is 1.73. The van der Waals surface area contributed by atoms with E-state index in [1.807, 2.05) is 72.8 Å². The molecule has 266 valence electrons. The van der Waals surface area contributed by atoms with Crippen molar-refractivity contribution in [1.82, 2.24) is 15.0 Å². The number of benzene rings is 8. The summed E-state index contributed by atoms with van der Waals surface area (Å²) in [7, 11) is 0. The second kappa shape index (κ2) is 12.3. The molecule has 6 heteroatoms. The van der Waals surface area contributed by atoms with Crippen molar-refractivity contribution in [2.45, 2.75) is 0 Å². The minimum Gasteiger partial charge on any atom is -0.456 e. The molecular weight excluding hydrogens is 703 g/mol. The molecule has 0 aliphatic rings. The predicted octanol–water partition coefficient (Wildman–Crippen LogP) is 13.9. The molecule has 57 heavy (non-hydrogen) atoms. The molecule has 0 radical (unpaired) electrons. The highest BCUT2D eigenvalue weighted by atomic mass is 16.3. The lowest BCUT2D eigenvalue weighted by molar-refractivity contribution is 0.668. The predicted molar refractivity (Wildman–Crippen MR) is 229 cm³/mol. The van der Waals surface area contributed by atoms with E-state index in [1.54, 1.807) is 0 Å². The molecule has 0 saturated carbocycles. The fraction of sp³-hybridized carbons (Fsp3) is 0. The topological polar surface area (TPSA) is 78.1 Å². The van der Waals surface area contributed by atoms with Gasteiger partial charge in [-0.2, -0.15) is 0 Å². The van der Waals surface area contributed by atoms with Crippen LogP contribution >= 0.6 is 0 Å². The van der Waals surface area contributed by atoms with Crippen LogP contribution in [0.3, 0.4) is 0 Å². The third kappa shape index (κ3) is 5.15. The second-order valence-corrected chi connectivity index (χ2v) is 14.4. The monoisotopic (exact) mass is 731 g/mol. The van der Waals surface area contributed by atoms with Crippen molar-refractivity contribution in [3.05, 3.63) is 176 Å². The lowest BCUT2D eigenvalue weighted by Gasteiger charge is -2.10. The maximum atomic E-state index is 6.26. The van der Waals surface area contributed by atoms with Crippen molar-refractivity contribution in [3.8, 4) is 56.4 Å². The Kier molecular flexibility index (Phi) is 6.83. The molecule has 0 saturated heterocycles. The van der Waals surface area contributed by atoms with E-state index in [2.05, 4.69) is 103 Å². The maximum Gasteiger partial charge on any atom is 0.164 e. The minimum atomic E-state index is 0.573. The van der Waals surface area contributed by atoms with Crippen LogP contribution in [-0.4, -0.2) is 15.0 Å².